The monoisotopic (exact) mass is 168 g/mol. The molecule has 1 unspecified atom stereocenters. The van der Waals surface area contributed by atoms with E-state index in [4.69, 9.17) is 5.73 Å². The van der Waals surface area contributed by atoms with E-state index in [2.05, 4.69) is 17.9 Å². The summed E-state index contributed by atoms with van der Waals surface area (Å²) < 4.78 is 0. The Balaban J connectivity index is 2.60. The molecule has 0 radical (unpaired) electrons. The fraction of sp³-hybridized carbons (Fsp3) is 0.667. The molecule has 0 fully saturated rings. The third kappa shape index (κ3) is 2.26. The van der Waals surface area contributed by atoms with Crippen LogP contribution in [0.15, 0.2) is 12.3 Å². The van der Waals surface area contributed by atoms with Gasteiger partial charge in [0.1, 0.15) is 0 Å². The molecule has 0 aromatic carbocycles. The number of allylic oxidation sites excluding steroid dienone is 1. The van der Waals surface area contributed by atoms with E-state index >= 15 is 0 Å². The summed E-state index contributed by atoms with van der Waals surface area (Å²) in [5.41, 5.74) is 5.21. The van der Waals surface area contributed by atoms with Gasteiger partial charge in [0.2, 0.25) is 5.91 Å². The minimum Gasteiger partial charge on any atom is -0.380 e. The van der Waals surface area contributed by atoms with Crippen molar-refractivity contribution in [3.63, 3.8) is 0 Å². The van der Waals surface area contributed by atoms with Crippen molar-refractivity contribution in [3.8, 4) is 0 Å². The van der Waals surface area contributed by atoms with E-state index in [0.717, 1.165) is 13.0 Å². The average Bonchev–Trinajstić information content (AvgIpc) is 1.82. The molecule has 12 heavy (non-hydrogen) atoms. The minimum absolute atomic E-state index is 0.0370. The number of hydrogen-bond acceptors (Lipinski definition) is 2. The van der Waals surface area contributed by atoms with Crippen LogP contribution in [0.2, 0.25) is 0 Å². The fourth-order valence-corrected chi connectivity index (χ4v) is 1.79. The second kappa shape index (κ2) is 3.17. The molecule has 1 aliphatic rings. The Hall–Kier alpha value is -0.990. The van der Waals surface area contributed by atoms with Gasteiger partial charge in [0.15, 0.2) is 0 Å². The normalized spacial score (nSPS) is 29.0. The molecule has 1 aliphatic heterocycles. The number of amides is 1. The molecule has 0 aromatic rings. The van der Waals surface area contributed by atoms with Crippen molar-refractivity contribution in [2.24, 2.45) is 11.1 Å². The van der Waals surface area contributed by atoms with Crippen LogP contribution in [0.3, 0.4) is 0 Å². The van der Waals surface area contributed by atoms with Gasteiger partial charge >= 0.3 is 0 Å². The lowest BCUT2D eigenvalue weighted by Crippen LogP contribution is -2.36. The maximum atomic E-state index is 10.8. The zero-order valence-corrected chi connectivity index (χ0v) is 7.71. The summed E-state index contributed by atoms with van der Waals surface area (Å²) in [5.74, 6) is -0.207. The van der Waals surface area contributed by atoms with E-state index in [0.29, 0.717) is 6.42 Å². The van der Waals surface area contributed by atoms with E-state index in [9.17, 15) is 4.79 Å². The molecule has 3 heteroatoms. The maximum absolute atomic E-state index is 10.8. The SMILES string of the molecule is CN1C=CCC(C)(CC(N)=O)C1. The molecular formula is C9H16N2O. The van der Waals surface area contributed by atoms with Crippen molar-refractivity contribution in [1.82, 2.24) is 4.90 Å². The quantitative estimate of drug-likeness (QED) is 0.660. The Labute approximate surface area is 73.2 Å². The lowest BCUT2D eigenvalue weighted by molar-refractivity contribution is -0.120. The van der Waals surface area contributed by atoms with E-state index in [1.807, 2.05) is 13.2 Å². The molecule has 0 saturated carbocycles. The van der Waals surface area contributed by atoms with Gasteiger partial charge in [0, 0.05) is 20.0 Å². The highest BCUT2D eigenvalue weighted by molar-refractivity contribution is 5.74. The molecule has 1 heterocycles. The number of nitrogens with two attached hydrogens (primary N) is 1. The van der Waals surface area contributed by atoms with Crippen LogP contribution in [-0.2, 0) is 4.79 Å². The predicted octanol–water partition coefficient (Wildman–Crippen LogP) is 0.717. The Morgan fingerprint density at radius 1 is 1.75 bits per heavy atom. The van der Waals surface area contributed by atoms with Gasteiger partial charge in [-0.05, 0) is 18.0 Å². The van der Waals surface area contributed by atoms with Crippen LogP contribution in [0.4, 0.5) is 0 Å². The zero-order valence-electron chi connectivity index (χ0n) is 7.71. The van der Waals surface area contributed by atoms with Crippen molar-refractivity contribution in [2.45, 2.75) is 19.8 Å². The first-order valence-electron chi connectivity index (χ1n) is 4.17. The van der Waals surface area contributed by atoms with Crippen LogP contribution in [0, 0.1) is 5.41 Å². The first kappa shape index (κ1) is 9.10. The molecule has 0 saturated heterocycles. The van der Waals surface area contributed by atoms with E-state index in [1.54, 1.807) is 0 Å². The molecule has 0 aliphatic carbocycles. The topological polar surface area (TPSA) is 46.3 Å². The molecule has 0 spiro atoms. The number of rotatable bonds is 2. The molecule has 0 bridgehead atoms. The number of carbonyl (C=O) groups is 1. The Morgan fingerprint density at radius 2 is 2.42 bits per heavy atom. The van der Waals surface area contributed by atoms with Gasteiger partial charge in [-0.3, -0.25) is 4.79 Å². The van der Waals surface area contributed by atoms with Gasteiger partial charge in [-0.2, -0.15) is 0 Å². The molecule has 3 nitrogen and oxygen atoms in total. The number of hydrogen-bond donors (Lipinski definition) is 1. The first-order chi connectivity index (χ1) is 5.52. The van der Waals surface area contributed by atoms with Crippen LogP contribution < -0.4 is 5.73 Å². The summed E-state index contributed by atoms with van der Waals surface area (Å²) in [5, 5.41) is 0. The van der Waals surface area contributed by atoms with Gasteiger partial charge in [0.25, 0.3) is 0 Å². The molecule has 2 N–H and O–H groups in total. The van der Waals surface area contributed by atoms with E-state index < -0.39 is 0 Å². The van der Waals surface area contributed by atoms with Gasteiger partial charge in [-0.1, -0.05) is 13.0 Å². The summed E-state index contributed by atoms with van der Waals surface area (Å²) in [4.78, 5) is 12.8. The van der Waals surface area contributed by atoms with Crippen LogP contribution in [0.1, 0.15) is 19.8 Å². The molecular weight excluding hydrogens is 152 g/mol. The zero-order chi connectivity index (χ0) is 9.19. The van der Waals surface area contributed by atoms with Crippen LogP contribution in [0.25, 0.3) is 0 Å². The van der Waals surface area contributed by atoms with Gasteiger partial charge in [-0.15, -0.1) is 0 Å². The number of carbonyl (C=O) groups excluding carboxylic acids is 1. The summed E-state index contributed by atoms with van der Waals surface area (Å²) in [6, 6.07) is 0. The van der Waals surface area contributed by atoms with Crippen molar-refractivity contribution in [2.75, 3.05) is 13.6 Å². The fourth-order valence-electron chi connectivity index (χ4n) is 1.79. The van der Waals surface area contributed by atoms with Crippen molar-refractivity contribution >= 4 is 5.91 Å². The summed E-state index contributed by atoms with van der Waals surface area (Å²) in [6.45, 7) is 3.00. The summed E-state index contributed by atoms with van der Waals surface area (Å²) >= 11 is 0. The number of nitrogens with zero attached hydrogens (tertiary/aromatic N) is 1. The molecule has 0 aromatic heterocycles. The van der Waals surface area contributed by atoms with Gasteiger partial charge < -0.3 is 10.6 Å². The third-order valence-corrected chi connectivity index (χ3v) is 2.20. The second-order valence-electron chi connectivity index (χ2n) is 3.96. The molecule has 1 rings (SSSR count). The highest BCUT2D eigenvalue weighted by Gasteiger charge is 2.28. The summed E-state index contributed by atoms with van der Waals surface area (Å²) in [7, 11) is 2.01. The van der Waals surface area contributed by atoms with Gasteiger partial charge in [0.05, 0.1) is 0 Å². The molecule has 1 atom stereocenters. The first-order valence-corrected chi connectivity index (χ1v) is 4.17. The van der Waals surface area contributed by atoms with Crippen molar-refractivity contribution in [3.05, 3.63) is 12.3 Å². The minimum atomic E-state index is -0.207. The Kier molecular flexibility index (Phi) is 2.40. The third-order valence-electron chi connectivity index (χ3n) is 2.20. The van der Waals surface area contributed by atoms with Crippen LogP contribution in [-0.4, -0.2) is 24.4 Å². The van der Waals surface area contributed by atoms with Gasteiger partial charge in [-0.25, -0.2) is 0 Å². The lowest BCUT2D eigenvalue weighted by atomic mass is 9.81. The van der Waals surface area contributed by atoms with Crippen LogP contribution >= 0.6 is 0 Å². The van der Waals surface area contributed by atoms with E-state index in [1.165, 1.54) is 0 Å². The van der Waals surface area contributed by atoms with Crippen molar-refractivity contribution in [1.29, 1.82) is 0 Å². The Bertz CT molecular complexity index is 213. The smallest absolute Gasteiger partial charge is 0.218 e. The maximum Gasteiger partial charge on any atom is 0.218 e. The largest absolute Gasteiger partial charge is 0.380 e. The lowest BCUT2D eigenvalue weighted by Gasteiger charge is -2.35. The standard InChI is InChI=1S/C9H16N2O/c1-9(6-8(10)12)4-3-5-11(2)7-9/h3,5H,4,6-7H2,1-2H3,(H2,10,12). The summed E-state index contributed by atoms with van der Waals surface area (Å²) in [6.07, 6.45) is 5.55. The highest BCUT2D eigenvalue weighted by Crippen LogP contribution is 2.30. The second-order valence-corrected chi connectivity index (χ2v) is 3.96. The Morgan fingerprint density at radius 3 is 2.92 bits per heavy atom. The van der Waals surface area contributed by atoms with Crippen LogP contribution in [0.5, 0.6) is 0 Å². The molecule has 68 valence electrons. The highest BCUT2D eigenvalue weighted by atomic mass is 16.1. The average molecular weight is 168 g/mol. The van der Waals surface area contributed by atoms with Crippen molar-refractivity contribution < 1.29 is 4.79 Å². The predicted molar refractivity (Wildman–Crippen MR) is 48.3 cm³/mol. The number of primary amides is 1. The molecule has 1 amide bonds. The van der Waals surface area contributed by atoms with E-state index in [-0.39, 0.29) is 11.3 Å².